The van der Waals surface area contributed by atoms with Crippen molar-refractivity contribution in [1.82, 2.24) is 15.5 Å². The lowest BCUT2D eigenvalue weighted by Crippen LogP contribution is -2.55. The van der Waals surface area contributed by atoms with Crippen LogP contribution in [0.15, 0.2) is 48.5 Å². The summed E-state index contributed by atoms with van der Waals surface area (Å²) in [6.07, 6.45) is 6.08. The number of phenols is 1. The summed E-state index contributed by atoms with van der Waals surface area (Å²) in [6, 6.07) is 12.6. The second-order valence-electron chi connectivity index (χ2n) is 12.1. The highest BCUT2D eigenvalue weighted by Crippen LogP contribution is 2.39. The molecule has 0 spiro atoms. The van der Waals surface area contributed by atoms with Gasteiger partial charge in [-0.15, -0.1) is 0 Å². The third-order valence-electron chi connectivity index (χ3n) is 7.51. The molecule has 2 aromatic rings. The van der Waals surface area contributed by atoms with Crippen LogP contribution in [0.3, 0.4) is 0 Å². The minimum atomic E-state index is -1.03. The predicted molar refractivity (Wildman–Crippen MR) is 154 cm³/mol. The van der Waals surface area contributed by atoms with E-state index in [9.17, 15) is 19.5 Å². The first kappa shape index (κ1) is 29.4. The van der Waals surface area contributed by atoms with E-state index in [4.69, 9.17) is 4.74 Å². The summed E-state index contributed by atoms with van der Waals surface area (Å²) in [5, 5.41) is 17.1. The molecule has 2 aromatic carbocycles. The predicted octanol–water partition coefficient (Wildman–Crippen LogP) is 5.32. The maximum Gasteiger partial charge on any atom is 0.408 e. The van der Waals surface area contributed by atoms with Crippen LogP contribution < -0.4 is 10.6 Å². The number of hydrogen-bond donors (Lipinski definition) is 3. The minimum absolute atomic E-state index is 0.00413. The summed E-state index contributed by atoms with van der Waals surface area (Å²) >= 11 is 0. The van der Waals surface area contributed by atoms with Crippen molar-refractivity contribution in [3.63, 3.8) is 0 Å². The number of para-hydroxylation sites is 1. The summed E-state index contributed by atoms with van der Waals surface area (Å²) < 4.78 is 5.50. The molecule has 2 unspecified atom stereocenters. The zero-order valence-corrected chi connectivity index (χ0v) is 24.1. The Balaban J connectivity index is 1.70. The molecular formula is C32H43N3O5. The van der Waals surface area contributed by atoms with Gasteiger partial charge in [-0.25, -0.2) is 4.79 Å². The Hall–Kier alpha value is -3.55. The van der Waals surface area contributed by atoms with E-state index < -0.39 is 23.8 Å². The molecule has 0 radical (unpaired) electrons. The quantitative estimate of drug-likeness (QED) is 0.393. The monoisotopic (exact) mass is 549 g/mol. The van der Waals surface area contributed by atoms with Crippen molar-refractivity contribution in [3.8, 4) is 5.75 Å². The molecule has 0 aromatic heterocycles. The number of phenolic OH excluding ortho intramolecular Hbond substituents is 1. The van der Waals surface area contributed by atoms with Crippen LogP contribution in [0.2, 0.25) is 0 Å². The van der Waals surface area contributed by atoms with Gasteiger partial charge >= 0.3 is 6.09 Å². The first-order valence-corrected chi connectivity index (χ1v) is 14.5. The number of rotatable bonds is 9. The fourth-order valence-electron chi connectivity index (χ4n) is 5.40. The van der Waals surface area contributed by atoms with Gasteiger partial charge in [0.2, 0.25) is 11.8 Å². The zero-order valence-electron chi connectivity index (χ0n) is 24.1. The highest BCUT2D eigenvalue weighted by atomic mass is 16.6. The standard InChI is InChI=1S/C32H43N3O5/c1-21-12-11-17-25(28(21)36)27(29(37)33-23-15-9-6-10-16-23)35(24-18-19-24)30(38)26(20-22-13-7-5-8-14-22)34-31(39)40-32(2,3)4/h5,7-8,11-14,17,23-24,26-27,36H,6,9-10,15-16,18-20H2,1-4H3,(H,33,37)(H,34,39). The second-order valence-corrected chi connectivity index (χ2v) is 12.1. The van der Waals surface area contributed by atoms with Crippen LogP contribution in [-0.4, -0.2) is 51.6 Å². The summed E-state index contributed by atoms with van der Waals surface area (Å²) in [4.78, 5) is 42.9. The molecule has 2 aliphatic carbocycles. The van der Waals surface area contributed by atoms with Crippen LogP contribution in [0, 0.1) is 6.92 Å². The lowest BCUT2D eigenvalue weighted by Gasteiger charge is -2.36. The molecule has 8 heteroatoms. The molecule has 2 fully saturated rings. The number of aryl methyl sites for hydroxylation is 1. The van der Waals surface area contributed by atoms with Crippen LogP contribution in [0.25, 0.3) is 0 Å². The van der Waals surface area contributed by atoms with E-state index in [1.807, 2.05) is 30.3 Å². The molecule has 2 aliphatic rings. The fourth-order valence-corrected chi connectivity index (χ4v) is 5.40. The highest BCUT2D eigenvalue weighted by molar-refractivity contribution is 5.93. The smallest absolute Gasteiger partial charge is 0.408 e. The number of carbonyl (C=O) groups is 3. The van der Waals surface area contributed by atoms with Crippen LogP contribution in [0.5, 0.6) is 5.75 Å². The largest absolute Gasteiger partial charge is 0.507 e. The van der Waals surface area contributed by atoms with Crippen molar-refractivity contribution in [2.75, 3.05) is 0 Å². The van der Waals surface area contributed by atoms with E-state index in [2.05, 4.69) is 10.6 Å². The second kappa shape index (κ2) is 12.7. The molecule has 2 saturated carbocycles. The number of nitrogens with zero attached hydrogens (tertiary/aromatic N) is 1. The molecule has 4 rings (SSSR count). The van der Waals surface area contributed by atoms with Gasteiger partial charge in [0, 0.05) is 24.1 Å². The van der Waals surface area contributed by atoms with E-state index in [0.29, 0.717) is 11.1 Å². The van der Waals surface area contributed by atoms with Crippen LogP contribution in [-0.2, 0) is 20.7 Å². The number of benzene rings is 2. The normalized spacial score (nSPS) is 17.4. The maximum atomic E-state index is 14.4. The van der Waals surface area contributed by atoms with Crippen LogP contribution in [0.1, 0.15) is 88.4 Å². The summed E-state index contributed by atoms with van der Waals surface area (Å²) in [7, 11) is 0. The van der Waals surface area contributed by atoms with Crippen molar-refractivity contribution in [3.05, 3.63) is 65.2 Å². The van der Waals surface area contributed by atoms with Crippen molar-refractivity contribution >= 4 is 17.9 Å². The van der Waals surface area contributed by atoms with Gasteiger partial charge < -0.3 is 25.4 Å². The Morgan fingerprint density at radius 3 is 2.27 bits per heavy atom. The first-order chi connectivity index (χ1) is 19.0. The Labute approximate surface area is 237 Å². The molecule has 0 aliphatic heterocycles. The Morgan fingerprint density at radius 1 is 0.975 bits per heavy atom. The van der Waals surface area contributed by atoms with Crippen molar-refractivity contribution in [1.29, 1.82) is 0 Å². The van der Waals surface area contributed by atoms with Gasteiger partial charge in [-0.2, -0.15) is 0 Å². The van der Waals surface area contributed by atoms with E-state index in [1.54, 1.807) is 50.8 Å². The van der Waals surface area contributed by atoms with Gasteiger partial charge in [-0.3, -0.25) is 9.59 Å². The molecule has 2 atom stereocenters. The Bertz CT molecular complexity index is 1180. The Kier molecular flexibility index (Phi) is 9.38. The van der Waals surface area contributed by atoms with Gasteiger partial charge in [0.05, 0.1) is 0 Å². The van der Waals surface area contributed by atoms with E-state index in [-0.39, 0.29) is 36.1 Å². The highest BCUT2D eigenvalue weighted by Gasteiger charge is 2.45. The molecule has 216 valence electrons. The molecule has 0 bridgehead atoms. The summed E-state index contributed by atoms with van der Waals surface area (Å²) in [5.41, 5.74) is 1.15. The molecule has 8 nitrogen and oxygen atoms in total. The lowest BCUT2D eigenvalue weighted by atomic mass is 9.94. The Morgan fingerprint density at radius 2 is 1.65 bits per heavy atom. The SMILES string of the molecule is Cc1cccc(C(C(=O)NC2CCCCC2)N(C(=O)C(Cc2ccccc2)NC(=O)OC(C)(C)C)C2CC2)c1O. The zero-order chi connectivity index (χ0) is 28.9. The summed E-state index contributed by atoms with van der Waals surface area (Å²) in [5.74, 6) is -0.671. The average molecular weight is 550 g/mol. The number of ether oxygens (including phenoxy) is 1. The molecule has 3 amide bonds. The lowest BCUT2D eigenvalue weighted by molar-refractivity contribution is -0.143. The fraction of sp³-hybridized carbons (Fsp3) is 0.531. The van der Waals surface area contributed by atoms with E-state index in [0.717, 1.165) is 50.5 Å². The molecule has 0 saturated heterocycles. The van der Waals surface area contributed by atoms with Gasteiger partial charge in [0.1, 0.15) is 23.4 Å². The third-order valence-corrected chi connectivity index (χ3v) is 7.51. The van der Waals surface area contributed by atoms with E-state index in [1.165, 1.54) is 0 Å². The van der Waals surface area contributed by atoms with Gasteiger partial charge in [-0.1, -0.05) is 67.8 Å². The first-order valence-electron chi connectivity index (χ1n) is 14.5. The van der Waals surface area contributed by atoms with Crippen LogP contribution in [0.4, 0.5) is 4.79 Å². The van der Waals surface area contributed by atoms with Crippen LogP contribution >= 0.6 is 0 Å². The van der Waals surface area contributed by atoms with Gasteiger partial charge in [0.25, 0.3) is 0 Å². The number of hydrogen-bond acceptors (Lipinski definition) is 5. The molecular weight excluding hydrogens is 506 g/mol. The molecule has 0 heterocycles. The number of alkyl carbamates (subject to hydrolysis) is 1. The molecule has 40 heavy (non-hydrogen) atoms. The number of nitrogens with one attached hydrogen (secondary N) is 2. The number of carbonyl (C=O) groups excluding carboxylic acids is 3. The maximum absolute atomic E-state index is 14.4. The van der Waals surface area contributed by atoms with Crippen molar-refractivity contribution in [2.24, 2.45) is 0 Å². The third kappa shape index (κ3) is 7.77. The average Bonchev–Trinajstić information content (AvgIpc) is 3.74. The number of amides is 3. The summed E-state index contributed by atoms with van der Waals surface area (Å²) in [6.45, 7) is 7.08. The van der Waals surface area contributed by atoms with Gasteiger partial charge in [0.15, 0.2) is 0 Å². The minimum Gasteiger partial charge on any atom is -0.507 e. The topological polar surface area (TPSA) is 108 Å². The van der Waals surface area contributed by atoms with Crippen molar-refractivity contribution < 1.29 is 24.2 Å². The van der Waals surface area contributed by atoms with Gasteiger partial charge in [-0.05, 0) is 64.5 Å². The molecule has 3 N–H and O–H groups in total. The number of aromatic hydroxyl groups is 1. The van der Waals surface area contributed by atoms with Crippen molar-refractivity contribution in [2.45, 2.75) is 109 Å². The van der Waals surface area contributed by atoms with E-state index >= 15 is 0 Å².